The van der Waals surface area contributed by atoms with Crippen LogP contribution in [0.1, 0.15) is 50.7 Å². The molecule has 0 unspecified atom stereocenters. The number of likely N-dealkylation sites (tertiary alicyclic amines) is 1. The van der Waals surface area contributed by atoms with Gasteiger partial charge in [-0.1, -0.05) is 24.3 Å². The molecule has 5 nitrogen and oxygen atoms in total. The molecule has 1 fully saturated rings. The van der Waals surface area contributed by atoms with E-state index < -0.39 is 5.60 Å². The summed E-state index contributed by atoms with van der Waals surface area (Å²) in [7, 11) is 1.40. The van der Waals surface area contributed by atoms with Crippen LogP contribution in [0.25, 0.3) is 0 Å². The first-order valence-corrected chi connectivity index (χ1v) is 8.42. The van der Waals surface area contributed by atoms with Crippen LogP contribution in [0.4, 0.5) is 4.79 Å². The van der Waals surface area contributed by atoms with Crippen LogP contribution < -0.4 is 0 Å². The molecule has 1 aromatic carbocycles. The third kappa shape index (κ3) is 5.25. The minimum atomic E-state index is -0.462. The molecule has 0 radical (unpaired) electrons. The molecule has 0 saturated carbocycles. The molecule has 1 saturated heterocycles. The fraction of sp³-hybridized carbons (Fsp3) is 0.579. The summed E-state index contributed by atoms with van der Waals surface area (Å²) in [6, 6.07) is 8.09. The molecule has 1 amide bonds. The molecule has 0 atom stereocenters. The Morgan fingerprint density at radius 3 is 2.46 bits per heavy atom. The molecule has 0 spiro atoms. The zero-order valence-electron chi connectivity index (χ0n) is 15.0. The second kappa shape index (κ2) is 7.69. The average Bonchev–Trinajstić information content (AvgIpc) is 2.53. The van der Waals surface area contributed by atoms with Crippen LogP contribution in [0.3, 0.4) is 0 Å². The number of carbonyl (C=O) groups excluding carboxylic acids is 2. The summed E-state index contributed by atoms with van der Waals surface area (Å²) in [6.07, 6.45) is 1.86. The highest BCUT2D eigenvalue weighted by Crippen LogP contribution is 2.29. The smallest absolute Gasteiger partial charge is 0.410 e. The summed E-state index contributed by atoms with van der Waals surface area (Å²) in [5.41, 5.74) is 1.73. The molecule has 5 heteroatoms. The fourth-order valence-corrected chi connectivity index (χ4v) is 2.92. The summed E-state index contributed by atoms with van der Waals surface area (Å²) >= 11 is 0. The van der Waals surface area contributed by atoms with Gasteiger partial charge in [-0.25, -0.2) is 4.79 Å². The van der Waals surface area contributed by atoms with Crippen LogP contribution >= 0.6 is 0 Å². The lowest BCUT2D eigenvalue weighted by Gasteiger charge is -2.33. The van der Waals surface area contributed by atoms with Crippen LogP contribution in [-0.2, 0) is 20.7 Å². The summed E-state index contributed by atoms with van der Waals surface area (Å²) in [5.74, 6) is 0.174. The van der Waals surface area contributed by atoms with Crippen molar-refractivity contribution in [2.75, 3.05) is 20.2 Å². The number of amides is 1. The van der Waals surface area contributed by atoms with E-state index in [0.717, 1.165) is 18.4 Å². The van der Waals surface area contributed by atoms with Crippen LogP contribution in [0, 0.1) is 0 Å². The van der Waals surface area contributed by atoms with Crippen molar-refractivity contribution in [3.63, 3.8) is 0 Å². The molecule has 0 bridgehead atoms. The first-order chi connectivity index (χ1) is 11.3. The second-order valence-electron chi connectivity index (χ2n) is 7.24. The third-order valence-corrected chi connectivity index (χ3v) is 4.15. The molecule has 1 heterocycles. The number of benzene rings is 1. The lowest BCUT2D eigenvalue weighted by Crippen LogP contribution is -2.41. The Morgan fingerprint density at radius 2 is 1.88 bits per heavy atom. The van der Waals surface area contributed by atoms with Gasteiger partial charge in [0.05, 0.1) is 13.5 Å². The average molecular weight is 333 g/mol. The van der Waals surface area contributed by atoms with Gasteiger partial charge >= 0.3 is 12.1 Å². The van der Waals surface area contributed by atoms with E-state index >= 15 is 0 Å². The molecular formula is C19H27NO4. The fourth-order valence-electron chi connectivity index (χ4n) is 2.92. The first-order valence-electron chi connectivity index (χ1n) is 8.42. The molecule has 2 rings (SSSR count). The first kappa shape index (κ1) is 18.3. The van der Waals surface area contributed by atoms with Crippen molar-refractivity contribution < 1.29 is 19.1 Å². The van der Waals surface area contributed by atoms with Crippen LogP contribution in [0.15, 0.2) is 24.3 Å². The van der Waals surface area contributed by atoms with Gasteiger partial charge in [-0.05, 0) is 50.7 Å². The maximum absolute atomic E-state index is 12.1. The molecule has 0 N–H and O–H groups in total. The van der Waals surface area contributed by atoms with Crippen LogP contribution in [0.2, 0.25) is 0 Å². The number of ether oxygens (including phenoxy) is 2. The van der Waals surface area contributed by atoms with E-state index in [1.54, 1.807) is 4.90 Å². The number of hydrogen-bond acceptors (Lipinski definition) is 4. The van der Waals surface area contributed by atoms with Crippen molar-refractivity contribution in [3.05, 3.63) is 35.4 Å². The maximum atomic E-state index is 12.1. The number of rotatable bonds is 3. The normalized spacial score (nSPS) is 15.9. The number of hydrogen-bond donors (Lipinski definition) is 0. The zero-order chi connectivity index (χ0) is 17.7. The highest BCUT2D eigenvalue weighted by atomic mass is 16.6. The Kier molecular flexibility index (Phi) is 5.86. The van der Waals surface area contributed by atoms with Crippen molar-refractivity contribution in [1.29, 1.82) is 0 Å². The predicted molar refractivity (Wildman–Crippen MR) is 91.9 cm³/mol. The van der Waals surface area contributed by atoms with Gasteiger partial charge in [0, 0.05) is 13.1 Å². The molecular weight excluding hydrogens is 306 g/mol. The highest BCUT2D eigenvalue weighted by Gasteiger charge is 2.27. The van der Waals surface area contributed by atoms with Gasteiger partial charge in [0.15, 0.2) is 0 Å². The number of methoxy groups -OCH3 is 1. The lowest BCUT2D eigenvalue weighted by atomic mass is 9.88. The van der Waals surface area contributed by atoms with E-state index in [1.165, 1.54) is 12.7 Å². The van der Waals surface area contributed by atoms with Gasteiger partial charge in [-0.2, -0.15) is 0 Å². The van der Waals surface area contributed by atoms with Gasteiger partial charge in [-0.15, -0.1) is 0 Å². The van der Waals surface area contributed by atoms with Crippen LogP contribution in [0.5, 0.6) is 0 Å². The van der Waals surface area contributed by atoms with Crippen molar-refractivity contribution in [1.82, 2.24) is 4.90 Å². The van der Waals surface area contributed by atoms with Crippen molar-refractivity contribution >= 4 is 12.1 Å². The van der Waals surface area contributed by atoms with Crippen molar-refractivity contribution in [2.24, 2.45) is 0 Å². The van der Waals surface area contributed by atoms with Gasteiger partial charge in [0.25, 0.3) is 0 Å². The molecule has 1 aliphatic heterocycles. The molecule has 132 valence electrons. The molecule has 0 aliphatic carbocycles. The number of piperidine rings is 1. The topological polar surface area (TPSA) is 55.8 Å². The molecule has 0 aromatic heterocycles. The lowest BCUT2D eigenvalue weighted by molar-refractivity contribution is -0.139. The predicted octanol–water partition coefficient (Wildman–Crippen LogP) is 3.52. The van der Waals surface area contributed by atoms with Gasteiger partial charge in [0.2, 0.25) is 0 Å². The Hall–Kier alpha value is -2.04. The summed E-state index contributed by atoms with van der Waals surface area (Å²) in [6.45, 7) is 7.03. The standard InChI is InChI=1S/C19H27NO4/c1-19(2,3)24-18(22)20-10-8-15(9-11-20)16-7-5-6-14(12-16)13-17(21)23-4/h5-7,12,15H,8-11,13H2,1-4H3. The Labute approximate surface area is 143 Å². The van der Waals surface area contributed by atoms with E-state index in [1.807, 2.05) is 32.9 Å². The van der Waals surface area contributed by atoms with E-state index in [2.05, 4.69) is 12.1 Å². The van der Waals surface area contributed by atoms with E-state index in [9.17, 15) is 9.59 Å². The number of esters is 1. The van der Waals surface area contributed by atoms with E-state index in [4.69, 9.17) is 9.47 Å². The van der Waals surface area contributed by atoms with Gasteiger partial charge in [-0.3, -0.25) is 4.79 Å². The minimum absolute atomic E-state index is 0.230. The number of nitrogens with zero attached hydrogens (tertiary/aromatic N) is 1. The largest absolute Gasteiger partial charge is 0.469 e. The second-order valence-corrected chi connectivity index (χ2v) is 7.24. The SMILES string of the molecule is COC(=O)Cc1cccc(C2CCN(C(=O)OC(C)(C)C)CC2)c1. The van der Waals surface area contributed by atoms with Crippen molar-refractivity contribution in [2.45, 2.75) is 51.6 Å². The Bertz CT molecular complexity index is 583. The zero-order valence-corrected chi connectivity index (χ0v) is 15.0. The Balaban J connectivity index is 1.93. The van der Waals surface area contributed by atoms with E-state index in [-0.39, 0.29) is 12.1 Å². The minimum Gasteiger partial charge on any atom is -0.469 e. The summed E-state index contributed by atoms with van der Waals surface area (Å²) in [4.78, 5) is 25.3. The molecule has 24 heavy (non-hydrogen) atoms. The van der Waals surface area contributed by atoms with E-state index in [0.29, 0.717) is 25.4 Å². The quantitative estimate of drug-likeness (QED) is 0.794. The van der Waals surface area contributed by atoms with Gasteiger partial charge in [0.1, 0.15) is 5.60 Å². The summed E-state index contributed by atoms with van der Waals surface area (Å²) < 4.78 is 10.2. The third-order valence-electron chi connectivity index (χ3n) is 4.15. The molecule has 1 aromatic rings. The monoisotopic (exact) mass is 333 g/mol. The van der Waals surface area contributed by atoms with Crippen molar-refractivity contribution in [3.8, 4) is 0 Å². The summed E-state index contributed by atoms with van der Waals surface area (Å²) in [5, 5.41) is 0. The molecule has 1 aliphatic rings. The number of carbonyl (C=O) groups is 2. The highest BCUT2D eigenvalue weighted by molar-refractivity contribution is 5.72. The maximum Gasteiger partial charge on any atom is 0.410 e. The van der Waals surface area contributed by atoms with Crippen LogP contribution in [-0.4, -0.2) is 42.8 Å². The van der Waals surface area contributed by atoms with Gasteiger partial charge < -0.3 is 14.4 Å². The Morgan fingerprint density at radius 1 is 1.21 bits per heavy atom.